The molecule has 8 nitrogen and oxygen atoms in total. The number of ether oxygens (including phenoxy) is 3. The molecule has 0 bridgehead atoms. The van der Waals surface area contributed by atoms with E-state index in [-0.39, 0.29) is 11.3 Å². The summed E-state index contributed by atoms with van der Waals surface area (Å²) in [7, 11) is -2.95. The van der Waals surface area contributed by atoms with E-state index in [0.717, 1.165) is 0 Å². The van der Waals surface area contributed by atoms with E-state index in [1.54, 1.807) is 0 Å². The third kappa shape index (κ3) is 3.21. The molecule has 1 aliphatic rings. The first kappa shape index (κ1) is 12.8. The molecule has 0 aliphatic carbocycles. The van der Waals surface area contributed by atoms with Crippen molar-refractivity contribution in [2.75, 3.05) is 13.6 Å². The van der Waals surface area contributed by atoms with E-state index in [0.29, 0.717) is 0 Å². The lowest BCUT2D eigenvalue weighted by molar-refractivity contribution is -0.277. The Balaban J connectivity index is 2.21. The van der Waals surface area contributed by atoms with Crippen LogP contribution in [0.15, 0.2) is 24.3 Å². The van der Waals surface area contributed by atoms with Crippen LogP contribution in [0.25, 0.3) is 0 Å². The number of carbonyl (C=O) groups is 1. The number of aliphatic hydroxyl groups is 4. The fourth-order valence-electron chi connectivity index (χ4n) is 2.08. The van der Waals surface area contributed by atoms with E-state index in [4.69, 9.17) is 18.7 Å². The van der Waals surface area contributed by atoms with E-state index in [1.165, 1.54) is 24.3 Å². The average Bonchev–Trinajstić information content (AvgIpc) is 2.54. The van der Waals surface area contributed by atoms with Gasteiger partial charge in [-0.1, -0.05) is 12.1 Å². The predicted octanol–water partition coefficient (Wildman–Crippen LogP) is -1.35. The third-order valence-electron chi connectivity index (χ3n) is 3.29. The second-order valence-corrected chi connectivity index (χ2v) is 4.70. The second-order valence-electron chi connectivity index (χ2n) is 4.70. The highest BCUT2D eigenvalue weighted by molar-refractivity contribution is 5.92. The number of aliphatic hydroxyl groups excluding tert-OH is 4. The minimum absolute atomic E-state index is 0.166. The molecule has 1 aromatic rings. The van der Waals surface area contributed by atoms with Gasteiger partial charge < -0.3 is 34.6 Å². The van der Waals surface area contributed by atoms with Gasteiger partial charge >= 0.3 is 5.97 Å². The summed E-state index contributed by atoms with van der Waals surface area (Å²) in [5.74, 6) is -1.35. The van der Waals surface area contributed by atoms with Crippen molar-refractivity contribution in [3.8, 4) is 5.75 Å². The predicted molar refractivity (Wildman–Crippen MR) is 72.2 cm³/mol. The van der Waals surface area contributed by atoms with E-state index in [1.807, 2.05) is 0 Å². The Morgan fingerprint density at radius 1 is 1.27 bits per heavy atom. The summed E-state index contributed by atoms with van der Waals surface area (Å²) in [6, 6.07) is 5.46. The Bertz CT molecular complexity index is 606. The topological polar surface area (TPSA) is 126 Å². The number of para-hydroxylation sites is 1. The van der Waals surface area contributed by atoms with Gasteiger partial charge in [0.1, 0.15) is 35.7 Å². The Morgan fingerprint density at radius 2 is 2.00 bits per heavy atom. The van der Waals surface area contributed by atoms with Crippen LogP contribution in [-0.2, 0) is 9.47 Å². The van der Waals surface area contributed by atoms with Gasteiger partial charge in [-0.15, -0.1) is 0 Å². The number of hydrogen-bond donors (Lipinski definition) is 4. The van der Waals surface area contributed by atoms with Crippen LogP contribution < -0.4 is 4.74 Å². The molecule has 1 aromatic carbocycles. The summed E-state index contributed by atoms with van der Waals surface area (Å²) in [6.45, 7) is -0.645. The molecule has 1 heterocycles. The molecule has 1 aliphatic heterocycles. The molecule has 0 spiro atoms. The molecule has 122 valence electrons. The zero-order valence-corrected chi connectivity index (χ0v) is 11.3. The summed E-state index contributed by atoms with van der Waals surface area (Å²) in [5.41, 5.74) is -0.240. The Labute approximate surface area is 130 Å². The molecule has 2 rings (SSSR count). The molecule has 0 unspecified atom stereocenters. The first-order valence-corrected chi connectivity index (χ1v) is 6.43. The molecule has 22 heavy (non-hydrogen) atoms. The van der Waals surface area contributed by atoms with Crippen LogP contribution in [-0.4, -0.2) is 70.7 Å². The van der Waals surface area contributed by atoms with Gasteiger partial charge in [0.05, 0.1) is 17.8 Å². The monoisotopic (exact) mass is 317 g/mol. The molecule has 4 N–H and O–H groups in total. The Morgan fingerprint density at radius 3 is 2.68 bits per heavy atom. The van der Waals surface area contributed by atoms with Gasteiger partial charge in [-0.2, -0.15) is 0 Å². The van der Waals surface area contributed by atoms with E-state index in [9.17, 15) is 20.1 Å². The van der Waals surface area contributed by atoms with Gasteiger partial charge in [0.25, 0.3) is 0 Å². The summed E-state index contributed by atoms with van der Waals surface area (Å²) < 4.78 is 35.7. The van der Waals surface area contributed by atoms with Crippen LogP contribution in [0.5, 0.6) is 5.75 Å². The average molecular weight is 317 g/mol. The molecule has 0 saturated carbocycles. The van der Waals surface area contributed by atoms with Crippen molar-refractivity contribution in [1.29, 1.82) is 0 Å². The van der Waals surface area contributed by atoms with E-state index >= 15 is 0 Å². The van der Waals surface area contributed by atoms with Crippen LogP contribution in [0.3, 0.4) is 0 Å². The van der Waals surface area contributed by atoms with Crippen LogP contribution in [0, 0.1) is 0 Å². The zero-order valence-electron chi connectivity index (χ0n) is 14.3. The van der Waals surface area contributed by atoms with Crippen LogP contribution in [0.4, 0.5) is 0 Å². The second kappa shape index (κ2) is 7.03. The lowest BCUT2D eigenvalue weighted by atomic mass is 9.99. The zero-order chi connectivity index (χ0) is 18.8. The molecule has 0 amide bonds. The molecule has 5 atom stereocenters. The lowest BCUT2D eigenvalue weighted by Crippen LogP contribution is -2.60. The maximum atomic E-state index is 11.9. The number of hydrogen-bond acceptors (Lipinski definition) is 8. The highest BCUT2D eigenvalue weighted by Gasteiger charge is 2.44. The summed E-state index contributed by atoms with van der Waals surface area (Å²) in [6.07, 6.45) is -7.60. The van der Waals surface area contributed by atoms with E-state index < -0.39 is 50.3 Å². The highest BCUT2D eigenvalue weighted by Crippen LogP contribution is 2.26. The van der Waals surface area contributed by atoms with Crippen LogP contribution in [0.2, 0.25) is 0 Å². The summed E-state index contributed by atoms with van der Waals surface area (Å²) in [5, 5.41) is 38.6. The van der Waals surface area contributed by atoms with Crippen LogP contribution >= 0.6 is 0 Å². The first-order chi connectivity index (χ1) is 11.6. The minimum Gasteiger partial charge on any atom is -0.465 e. The molecular weight excluding hydrogens is 296 g/mol. The van der Waals surface area contributed by atoms with Crippen molar-refractivity contribution < 1.29 is 43.5 Å². The molecule has 1 fully saturated rings. The van der Waals surface area contributed by atoms with Gasteiger partial charge in [0.2, 0.25) is 6.29 Å². The summed E-state index contributed by atoms with van der Waals surface area (Å²) in [4.78, 5) is 11.9. The van der Waals surface area contributed by atoms with Crippen molar-refractivity contribution in [3.63, 3.8) is 0 Å². The lowest BCUT2D eigenvalue weighted by Gasteiger charge is -2.39. The van der Waals surface area contributed by atoms with E-state index in [2.05, 4.69) is 4.74 Å². The maximum absolute atomic E-state index is 11.9. The highest BCUT2D eigenvalue weighted by atomic mass is 16.7. The van der Waals surface area contributed by atoms with Crippen molar-refractivity contribution in [1.82, 2.24) is 0 Å². The number of carbonyl (C=O) groups excluding carboxylic acids is 1. The standard InChI is InChI=1S/C14H18O8/c1-20-13(19)7-4-2-3-5-8(7)21-14-12(18)11(17)10(16)9(6-15)22-14/h2-5,9-12,14-18H,6H2,1H3/t9-,10-,11+,12-,14-/m1/s1/i1D3. The summed E-state index contributed by atoms with van der Waals surface area (Å²) >= 11 is 0. The first-order valence-electron chi connectivity index (χ1n) is 7.93. The van der Waals surface area contributed by atoms with Crippen molar-refractivity contribution >= 4 is 5.97 Å². The number of methoxy groups -OCH3 is 1. The Hall–Kier alpha value is -1.71. The normalized spacial score (nSPS) is 34.2. The fourth-order valence-corrected chi connectivity index (χ4v) is 2.08. The largest absolute Gasteiger partial charge is 0.465 e. The van der Waals surface area contributed by atoms with Gasteiger partial charge in [0, 0.05) is 0 Å². The van der Waals surface area contributed by atoms with Crippen molar-refractivity contribution in [2.24, 2.45) is 0 Å². The van der Waals surface area contributed by atoms with Crippen molar-refractivity contribution in [2.45, 2.75) is 30.7 Å². The maximum Gasteiger partial charge on any atom is 0.341 e. The number of esters is 1. The number of benzene rings is 1. The molecule has 0 aromatic heterocycles. The Kier molecular flexibility index (Phi) is 4.09. The van der Waals surface area contributed by atoms with Gasteiger partial charge in [-0.3, -0.25) is 0 Å². The van der Waals surface area contributed by atoms with Gasteiger partial charge in [-0.25, -0.2) is 4.79 Å². The molecule has 8 heteroatoms. The number of rotatable bonds is 4. The molecule has 0 radical (unpaired) electrons. The smallest absolute Gasteiger partial charge is 0.341 e. The van der Waals surface area contributed by atoms with Gasteiger partial charge in [0.15, 0.2) is 0 Å². The quantitative estimate of drug-likeness (QED) is 0.502. The van der Waals surface area contributed by atoms with Gasteiger partial charge in [-0.05, 0) is 12.1 Å². The van der Waals surface area contributed by atoms with Crippen molar-refractivity contribution in [3.05, 3.63) is 29.8 Å². The third-order valence-corrected chi connectivity index (χ3v) is 3.29. The van der Waals surface area contributed by atoms with Crippen LogP contribution in [0.1, 0.15) is 14.5 Å². The fraction of sp³-hybridized carbons (Fsp3) is 0.500. The minimum atomic E-state index is -2.95. The molecule has 1 saturated heterocycles. The molecular formula is C14H18O8. The SMILES string of the molecule is [2H]C([2H])([2H])OC(=O)c1ccccc1O[C@@H]1O[C@H](CO)[C@@H](O)[C@H](O)[C@H]1O.